The Labute approximate surface area is 142 Å². The highest BCUT2D eigenvalue weighted by molar-refractivity contribution is 8.21. The maximum absolute atomic E-state index is 12.4. The SMILES string of the molecule is C[C@@H]1CN(CC2CCN(C(=O)C3SCCS3)CC2)C[C@H](C)O1. The van der Waals surface area contributed by atoms with E-state index in [1.807, 2.05) is 23.5 Å². The molecule has 3 aliphatic rings. The zero-order chi connectivity index (χ0) is 15.5. The summed E-state index contributed by atoms with van der Waals surface area (Å²) in [5.74, 6) is 3.38. The van der Waals surface area contributed by atoms with Gasteiger partial charge < -0.3 is 9.64 Å². The fourth-order valence-electron chi connectivity index (χ4n) is 3.78. The first kappa shape index (κ1) is 16.9. The molecule has 0 aromatic rings. The van der Waals surface area contributed by atoms with Crippen LogP contribution in [0.3, 0.4) is 0 Å². The molecule has 3 heterocycles. The second-order valence-electron chi connectivity index (χ2n) is 6.82. The maximum atomic E-state index is 12.4. The van der Waals surface area contributed by atoms with Gasteiger partial charge in [-0.15, -0.1) is 23.5 Å². The van der Waals surface area contributed by atoms with Crippen LogP contribution in [-0.4, -0.2) is 76.7 Å². The number of likely N-dealkylation sites (tertiary alicyclic amines) is 1. The minimum atomic E-state index is 0.178. The van der Waals surface area contributed by atoms with Crippen molar-refractivity contribution in [2.75, 3.05) is 44.2 Å². The zero-order valence-corrected chi connectivity index (χ0v) is 15.3. The Morgan fingerprint density at radius 1 is 1.09 bits per heavy atom. The van der Waals surface area contributed by atoms with Crippen molar-refractivity contribution in [3.63, 3.8) is 0 Å². The number of hydrogen-bond donors (Lipinski definition) is 0. The topological polar surface area (TPSA) is 32.8 Å². The molecule has 0 aromatic heterocycles. The summed E-state index contributed by atoms with van der Waals surface area (Å²) in [6, 6.07) is 0. The summed E-state index contributed by atoms with van der Waals surface area (Å²) in [5, 5.41) is 0. The largest absolute Gasteiger partial charge is 0.373 e. The Morgan fingerprint density at radius 2 is 1.68 bits per heavy atom. The minimum Gasteiger partial charge on any atom is -0.373 e. The Hall–Kier alpha value is 0.0900. The highest BCUT2D eigenvalue weighted by atomic mass is 32.2. The van der Waals surface area contributed by atoms with Crippen LogP contribution in [0.25, 0.3) is 0 Å². The van der Waals surface area contributed by atoms with Crippen LogP contribution in [0.4, 0.5) is 0 Å². The van der Waals surface area contributed by atoms with Crippen LogP contribution < -0.4 is 0 Å². The summed E-state index contributed by atoms with van der Waals surface area (Å²) in [7, 11) is 0. The van der Waals surface area contributed by atoms with Gasteiger partial charge in [0.1, 0.15) is 4.58 Å². The lowest BCUT2D eigenvalue weighted by Crippen LogP contribution is -2.49. The van der Waals surface area contributed by atoms with Crippen molar-refractivity contribution in [3.05, 3.63) is 0 Å². The van der Waals surface area contributed by atoms with Crippen LogP contribution in [0.15, 0.2) is 0 Å². The van der Waals surface area contributed by atoms with E-state index in [0.29, 0.717) is 18.1 Å². The van der Waals surface area contributed by atoms with E-state index in [0.717, 1.165) is 56.4 Å². The molecule has 0 unspecified atom stereocenters. The molecule has 3 rings (SSSR count). The lowest BCUT2D eigenvalue weighted by Gasteiger charge is -2.39. The van der Waals surface area contributed by atoms with Gasteiger partial charge >= 0.3 is 0 Å². The molecule has 3 fully saturated rings. The number of carbonyl (C=O) groups is 1. The number of rotatable bonds is 3. The molecule has 0 aromatic carbocycles. The van der Waals surface area contributed by atoms with Gasteiger partial charge in [-0.1, -0.05) is 0 Å². The van der Waals surface area contributed by atoms with E-state index in [4.69, 9.17) is 4.74 Å². The lowest BCUT2D eigenvalue weighted by atomic mass is 9.95. The lowest BCUT2D eigenvalue weighted by molar-refractivity contribution is -0.130. The van der Waals surface area contributed by atoms with Crippen molar-refractivity contribution in [3.8, 4) is 0 Å². The second kappa shape index (κ2) is 7.77. The molecule has 3 saturated heterocycles. The van der Waals surface area contributed by atoms with E-state index < -0.39 is 0 Å². The predicted octanol–water partition coefficient (Wildman–Crippen LogP) is 2.14. The van der Waals surface area contributed by atoms with Gasteiger partial charge in [0.05, 0.1) is 12.2 Å². The van der Waals surface area contributed by atoms with Crippen LogP contribution in [0.1, 0.15) is 26.7 Å². The fraction of sp³-hybridized carbons (Fsp3) is 0.938. The quantitative estimate of drug-likeness (QED) is 0.783. The van der Waals surface area contributed by atoms with Crippen LogP contribution in [-0.2, 0) is 9.53 Å². The Morgan fingerprint density at radius 3 is 2.27 bits per heavy atom. The van der Waals surface area contributed by atoms with E-state index in [2.05, 4.69) is 23.6 Å². The van der Waals surface area contributed by atoms with Crippen LogP contribution in [0.5, 0.6) is 0 Å². The predicted molar refractivity (Wildman–Crippen MR) is 94.5 cm³/mol. The number of nitrogens with zero attached hydrogens (tertiary/aromatic N) is 2. The summed E-state index contributed by atoms with van der Waals surface area (Å²) >= 11 is 3.65. The van der Waals surface area contributed by atoms with Crippen LogP contribution in [0.2, 0.25) is 0 Å². The van der Waals surface area contributed by atoms with Gasteiger partial charge in [-0.05, 0) is 32.6 Å². The average molecular weight is 345 g/mol. The minimum absolute atomic E-state index is 0.178. The van der Waals surface area contributed by atoms with Gasteiger partial charge in [0.2, 0.25) is 5.91 Å². The molecule has 0 bridgehead atoms. The molecule has 0 radical (unpaired) electrons. The molecule has 126 valence electrons. The molecule has 3 aliphatic heterocycles. The number of amides is 1. The van der Waals surface area contributed by atoms with E-state index in [-0.39, 0.29) is 4.58 Å². The fourth-order valence-corrected chi connectivity index (χ4v) is 6.53. The molecule has 0 saturated carbocycles. The number of hydrogen-bond acceptors (Lipinski definition) is 5. The first-order chi connectivity index (χ1) is 10.6. The molecule has 22 heavy (non-hydrogen) atoms. The smallest absolute Gasteiger partial charge is 0.245 e. The molecule has 0 aliphatic carbocycles. The molecular weight excluding hydrogens is 316 g/mol. The molecule has 0 N–H and O–H groups in total. The number of carbonyl (C=O) groups excluding carboxylic acids is 1. The van der Waals surface area contributed by atoms with Gasteiger partial charge in [-0.2, -0.15) is 0 Å². The number of ether oxygens (including phenoxy) is 1. The second-order valence-corrected chi connectivity index (χ2v) is 9.54. The van der Waals surface area contributed by atoms with Crippen molar-refractivity contribution in [1.82, 2.24) is 9.80 Å². The standard InChI is InChI=1S/C16H28N2O2S2/c1-12-9-17(10-13(2)20-12)11-14-3-5-18(6-4-14)15(19)16-21-7-8-22-16/h12-14,16H,3-11H2,1-2H3/t12-,13+. The van der Waals surface area contributed by atoms with Gasteiger partial charge in [0, 0.05) is 44.2 Å². The van der Waals surface area contributed by atoms with Crippen molar-refractivity contribution >= 4 is 29.4 Å². The highest BCUT2D eigenvalue weighted by Crippen LogP contribution is 2.34. The third kappa shape index (κ3) is 4.34. The molecule has 6 heteroatoms. The van der Waals surface area contributed by atoms with E-state index in [1.54, 1.807) is 0 Å². The summed E-state index contributed by atoms with van der Waals surface area (Å²) in [5.41, 5.74) is 0. The van der Waals surface area contributed by atoms with Gasteiger partial charge in [0.15, 0.2) is 0 Å². The normalized spacial score (nSPS) is 32.5. The summed E-state index contributed by atoms with van der Waals surface area (Å²) in [4.78, 5) is 17.1. The third-order valence-electron chi connectivity index (χ3n) is 4.76. The Balaban J connectivity index is 1.42. The molecular formula is C16H28N2O2S2. The van der Waals surface area contributed by atoms with E-state index in [1.165, 1.54) is 6.54 Å². The van der Waals surface area contributed by atoms with Crippen molar-refractivity contribution in [1.29, 1.82) is 0 Å². The number of morpholine rings is 1. The van der Waals surface area contributed by atoms with Gasteiger partial charge in [-0.25, -0.2) is 0 Å². The average Bonchev–Trinajstić information content (AvgIpc) is 3.00. The van der Waals surface area contributed by atoms with Crippen LogP contribution >= 0.6 is 23.5 Å². The molecule has 4 nitrogen and oxygen atoms in total. The van der Waals surface area contributed by atoms with Crippen molar-refractivity contribution < 1.29 is 9.53 Å². The summed E-state index contributed by atoms with van der Waals surface area (Å²) in [6.07, 6.45) is 3.02. The summed E-state index contributed by atoms with van der Waals surface area (Å²) in [6.45, 7) is 9.53. The molecule has 1 amide bonds. The summed E-state index contributed by atoms with van der Waals surface area (Å²) < 4.78 is 5.99. The highest BCUT2D eigenvalue weighted by Gasteiger charge is 2.32. The van der Waals surface area contributed by atoms with Gasteiger partial charge in [-0.3, -0.25) is 9.69 Å². The zero-order valence-electron chi connectivity index (χ0n) is 13.7. The Bertz CT molecular complexity index is 372. The first-order valence-corrected chi connectivity index (χ1v) is 10.6. The number of piperidine rings is 1. The van der Waals surface area contributed by atoms with Crippen molar-refractivity contribution in [2.24, 2.45) is 5.92 Å². The van der Waals surface area contributed by atoms with Gasteiger partial charge in [0.25, 0.3) is 0 Å². The Kier molecular flexibility index (Phi) is 5.98. The molecule has 2 atom stereocenters. The number of thioether (sulfide) groups is 2. The van der Waals surface area contributed by atoms with Crippen molar-refractivity contribution in [2.45, 2.75) is 43.5 Å². The third-order valence-corrected chi connectivity index (χ3v) is 7.72. The van der Waals surface area contributed by atoms with E-state index >= 15 is 0 Å². The van der Waals surface area contributed by atoms with Crippen LogP contribution in [0, 0.1) is 5.92 Å². The molecule has 0 spiro atoms. The maximum Gasteiger partial charge on any atom is 0.245 e. The van der Waals surface area contributed by atoms with E-state index in [9.17, 15) is 4.79 Å². The first-order valence-electron chi connectivity index (χ1n) is 8.51. The monoisotopic (exact) mass is 344 g/mol.